The Morgan fingerprint density at radius 3 is 3.05 bits per heavy atom. The van der Waals surface area contributed by atoms with Crippen LogP contribution in [0.4, 0.5) is 0 Å². The summed E-state index contributed by atoms with van der Waals surface area (Å²) in [5.41, 5.74) is 1.61. The quantitative estimate of drug-likeness (QED) is 0.855. The van der Waals surface area contributed by atoms with Crippen molar-refractivity contribution in [3.63, 3.8) is 0 Å². The van der Waals surface area contributed by atoms with Crippen LogP contribution in [0.2, 0.25) is 0 Å². The fourth-order valence-electron chi connectivity index (χ4n) is 2.90. The molecule has 1 amide bonds. The molecule has 4 heteroatoms. The molecule has 0 unspecified atom stereocenters. The van der Waals surface area contributed by atoms with E-state index in [9.17, 15) is 4.79 Å². The second-order valence-corrected chi connectivity index (χ2v) is 5.57. The molecular weight excluding hydrogens is 264 g/mol. The Bertz CT molecular complexity index is 536. The van der Waals surface area contributed by atoms with Gasteiger partial charge in [0, 0.05) is 20.2 Å². The first kappa shape index (κ1) is 15.5. The number of amides is 1. The van der Waals surface area contributed by atoms with Gasteiger partial charge in [-0.05, 0) is 37.0 Å². The predicted molar refractivity (Wildman–Crippen MR) is 80.4 cm³/mol. The minimum absolute atomic E-state index is 0.0344. The molecule has 112 valence electrons. The Morgan fingerprint density at radius 2 is 2.33 bits per heavy atom. The van der Waals surface area contributed by atoms with Crippen molar-refractivity contribution in [1.82, 2.24) is 4.90 Å². The number of nitriles is 1. The van der Waals surface area contributed by atoms with Crippen molar-refractivity contribution in [3.05, 3.63) is 35.4 Å². The third kappa shape index (κ3) is 3.83. The minimum atomic E-state index is -0.0344. The van der Waals surface area contributed by atoms with Gasteiger partial charge in [-0.25, -0.2) is 0 Å². The summed E-state index contributed by atoms with van der Waals surface area (Å²) in [6.07, 6.45) is 2.76. The standard InChI is InChI=1S/C17H22N2O2/c1-3-16-15(8-5-9-21-16)17(20)19(2)12-14-7-4-6-13(10-14)11-18/h4,6-7,10,15-16H,3,5,8-9,12H2,1-2H3/t15-,16+/m1/s1. The Morgan fingerprint density at radius 1 is 1.52 bits per heavy atom. The molecule has 1 heterocycles. The number of ether oxygens (including phenoxy) is 1. The van der Waals surface area contributed by atoms with Crippen LogP contribution in [0.15, 0.2) is 24.3 Å². The van der Waals surface area contributed by atoms with Gasteiger partial charge in [0.25, 0.3) is 0 Å². The van der Waals surface area contributed by atoms with Gasteiger partial charge in [0.15, 0.2) is 0 Å². The topological polar surface area (TPSA) is 53.3 Å². The summed E-state index contributed by atoms with van der Waals surface area (Å²) in [5, 5.41) is 8.93. The van der Waals surface area contributed by atoms with Crippen molar-refractivity contribution >= 4 is 5.91 Å². The van der Waals surface area contributed by atoms with E-state index in [1.165, 1.54) is 0 Å². The third-order valence-corrected chi connectivity index (χ3v) is 4.01. The summed E-state index contributed by atoms with van der Waals surface area (Å²) < 4.78 is 5.71. The number of rotatable bonds is 4. The maximum absolute atomic E-state index is 12.6. The highest BCUT2D eigenvalue weighted by Gasteiger charge is 2.32. The summed E-state index contributed by atoms with van der Waals surface area (Å²) in [4.78, 5) is 14.4. The van der Waals surface area contributed by atoms with Crippen LogP contribution < -0.4 is 0 Å². The van der Waals surface area contributed by atoms with Gasteiger partial charge in [-0.15, -0.1) is 0 Å². The number of hydrogen-bond donors (Lipinski definition) is 0. The molecule has 0 radical (unpaired) electrons. The highest BCUT2D eigenvalue weighted by atomic mass is 16.5. The Kier molecular flexibility index (Phi) is 5.35. The van der Waals surface area contributed by atoms with Crippen LogP contribution in [0.3, 0.4) is 0 Å². The van der Waals surface area contributed by atoms with Crippen LogP contribution in [0.25, 0.3) is 0 Å². The molecule has 0 N–H and O–H groups in total. The summed E-state index contributed by atoms with van der Waals surface area (Å²) in [5.74, 6) is 0.108. The van der Waals surface area contributed by atoms with Crippen LogP contribution in [0, 0.1) is 17.2 Å². The van der Waals surface area contributed by atoms with Crippen LogP contribution in [0.1, 0.15) is 37.3 Å². The monoisotopic (exact) mass is 286 g/mol. The van der Waals surface area contributed by atoms with Crippen LogP contribution in [-0.2, 0) is 16.1 Å². The van der Waals surface area contributed by atoms with Gasteiger partial charge < -0.3 is 9.64 Å². The number of benzene rings is 1. The van der Waals surface area contributed by atoms with E-state index in [1.807, 2.05) is 25.2 Å². The lowest BCUT2D eigenvalue weighted by molar-refractivity contribution is -0.144. The van der Waals surface area contributed by atoms with E-state index in [0.717, 1.165) is 31.4 Å². The lowest BCUT2D eigenvalue weighted by atomic mass is 9.91. The maximum atomic E-state index is 12.6. The molecule has 1 aliphatic rings. The van der Waals surface area contributed by atoms with Crippen molar-refractivity contribution < 1.29 is 9.53 Å². The molecule has 2 rings (SSSR count). The highest BCUT2D eigenvalue weighted by Crippen LogP contribution is 2.25. The van der Waals surface area contributed by atoms with E-state index in [1.54, 1.807) is 11.0 Å². The van der Waals surface area contributed by atoms with Gasteiger partial charge in [0.1, 0.15) is 0 Å². The predicted octanol–water partition coefficient (Wildman–Crippen LogP) is 2.72. The fraction of sp³-hybridized carbons (Fsp3) is 0.529. The van der Waals surface area contributed by atoms with Gasteiger partial charge in [0.05, 0.1) is 23.7 Å². The SMILES string of the molecule is CC[C@@H]1OCCC[C@H]1C(=O)N(C)Cc1cccc(C#N)c1. The van der Waals surface area contributed by atoms with Crippen molar-refractivity contribution in [2.24, 2.45) is 5.92 Å². The highest BCUT2D eigenvalue weighted by molar-refractivity contribution is 5.79. The lowest BCUT2D eigenvalue weighted by Crippen LogP contribution is -2.41. The van der Waals surface area contributed by atoms with E-state index < -0.39 is 0 Å². The van der Waals surface area contributed by atoms with Gasteiger partial charge in [0.2, 0.25) is 5.91 Å². The maximum Gasteiger partial charge on any atom is 0.228 e. The average molecular weight is 286 g/mol. The smallest absolute Gasteiger partial charge is 0.228 e. The van der Waals surface area contributed by atoms with Gasteiger partial charge in [-0.1, -0.05) is 19.1 Å². The second kappa shape index (κ2) is 7.24. The summed E-state index contributed by atoms with van der Waals surface area (Å²) in [7, 11) is 1.82. The first-order valence-electron chi connectivity index (χ1n) is 7.51. The molecule has 0 aliphatic carbocycles. The van der Waals surface area contributed by atoms with Gasteiger partial charge in [-0.3, -0.25) is 4.79 Å². The fourth-order valence-corrected chi connectivity index (χ4v) is 2.90. The first-order chi connectivity index (χ1) is 10.2. The van der Waals surface area contributed by atoms with E-state index in [-0.39, 0.29) is 17.9 Å². The molecule has 1 fully saturated rings. The Labute approximate surface area is 126 Å². The molecular formula is C17H22N2O2. The molecule has 1 saturated heterocycles. The Hall–Kier alpha value is -1.86. The molecule has 1 aliphatic heterocycles. The van der Waals surface area contributed by atoms with Crippen molar-refractivity contribution in [3.8, 4) is 6.07 Å². The molecule has 4 nitrogen and oxygen atoms in total. The summed E-state index contributed by atoms with van der Waals surface area (Å²) >= 11 is 0. The summed E-state index contributed by atoms with van der Waals surface area (Å²) in [6.45, 7) is 3.35. The average Bonchev–Trinajstić information content (AvgIpc) is 2.54. The zero-order valence-corrected chi connectivity index (χ0v) is 12.7. The number of nitrogens with zero attached hydrogens (tertiary/aromatic N) is 2. The molecule has 21 heavy (non-hydrogen) atoms. The van der Waals surface area contributed by atoms with Crippen molar-refractivity contribution in [2.75, 3.05) is 13.7 Å². The minimum Gasteiger partial charge on any atom is -0.377 e. The second-order valence-electron chi connectivity index (χ2n) is 5.57. The molecule has 0 aromatic heterocycles. The number of hydrogen-bond acceptors (Lipinski definition) is 3. The van der Waals surface area contributed by atoms with Gasteiger partial charge in [-0.2, -0.15) is 5.26 Å². The summed E-state index contributed by atoms with van der Waals surface area (Å²) in [6, 6.07) is 9.52. The van der Waals surface area contributed by atoms with Crippen molar-refractivity contribution in [1.29, 1.82) is 5.26 Å². The molecule has 0 bridgehead atoms. The third-order valence-electron chi connectivity index (χ3n) is 4.01. The van der Waals surface area contributed by atoms with Gasteiger partial charge >= 0.3 is 0 Å². The molecule has 2 atom stereocenters. The molecule has 0 spiro atoms. The lowest BCUT2D eigenvalue weighted by Gasteiger charge is -2.33. The first-order valence-corrected chi connectivity index (χ1v) is 7.51. The molecule has 1 aromatic rings. The number of carbonyl (C=O) groups is 1. The van der Waals surface area contributed by atoms with Crippen LogP contribution in [-0.4, -0.2) is 30.6 Å². The molecule has 0 saturated carbocycles. The number of carbonyl (C=O) groups excluding carboxylic acids is 1. The normalized spacial score (nSPS) is 21.6. The zero-order valence-electron chi connectivity index (χ0n) is 12.7. The van der Waals surface area contributed by atoms with E-state index in [4.69, 9.17) is 10.00 Å². The largest absolute Gasteiger partial charge is 0.377 e. The van der Waals surface area contributed by atoms with E-state index >= 15 is 0 Å². The van der Waals surface area contributed by atoms with Crippen LogP contribution >= 0.6 is 0 Å². The van der Waals surface area contributed by atoms with Crippen LogP contribution in [0.5, 0.6) is 0 Å². The van der Waals surface area contributed by atoms with E-state index in [2.05, 4.69) is 13.0 Å². The zero-order chi connectivity index (χ0) is 15.2. The van der Waals surface area contributed by atoms with E-state index in [0.29, 0.717) is 12.1 Å². The molecule has 1 aromatic carbocycles. The Balaban J connectivity index is 2.03. The van der Waals surface area contributed by atoms with Crippen molar-refractivity contribution in [2.45, 2.75) is 38.8 Å².